The number of hydrogen-bond donors (Lipinski definition) is 1. The van der Waals surface area contributed by atoms with Gasteiger partial charge in [0.2, 0.25) is 5.91 Å². The lowest BCUT2D eigenvalue weighted by Crippen LogP contribution is -2.57. The van der Waals surface area contributed by atoms with Gasteiger partial charge in [-0.25, -0.2) is 0 Å². The predicted molar refractivity (Wildman–Crippen MR) is 107 cm³/mol. The minimum absolute atomic E-state index is 0.112. The highest BCUT2D eigenvalue weighted by Crippen LogP contribution is 2.16. The number of hydrogen-bond acceptors (Lipinski definition) is 6. The van der Waals surface area contributed by atoms with Crippen LogP contribution in [0.4, 0.5) is 5.69 Å². The first-order chi connectivity index (χ1) is 14.0. The molecule has 9 heteroatoms. The normalized spacial score (nSPS) is 18.8. The fourth-order valence-electron chi connectivity index (χ4n) is 3.44. The zero-order valence-corrected chi connectivity index (χ0v) is 16.9. The molecule has 2 fully saturated rings. The fourth-order valence-corrected chi connectivity index (χ4v) is 3.44. The molecule has 0 spiro atoms. The Kier molecular flexibility index (Phi) is 7.05. The van der Waals surface area contributed by atoms with Crippen LogP contribution < -0.4 is 10.1 Å². The molecule has 158 valence electrons. The Morgan fingerprint density at radius 3 is 2.03 bits per heavy atom. The molecule has 0 bridgehead atoms. The standard InChI is InChI=1S/C20H28N4O5/c1-15(18(25)21-16-3-5-17(28-2)6-4-16)22-7-9-23(10-8-22)19(26)20(27)24-11-13-29-14-12-24/h3-6,15H,7-14H2,1-2H3,(H,21,25). The van der Waals surface area contributed by atoms with Crippen LogP contribution in [0.25, 0.3) is 0 Å². The number of nitrogens with zero attached hydrogens (tertiary/aromatic N) is 3. The van der Waals surface area contributed by atoms with Gasteiger partial charge in [-0.1, -0.05) is 0 Å². The summed E-state index contributed by atoms with van der Waals surface area (Å²) in [6.45, 7) is 5.61. The summed E-state index contributed by atoms with van der Waals surface area (Å²) < 4.78 is 10.3. The predicted octanol–water partition coefficient (Wildman–Crippen LogP) is 0.0252. The van der Waals surface area contributed by atoms with Crippen LogP contribution in [0.15, 0.2) is 24.3 Å². The average Bonchev–Trinajstić information content (AvgIpc) is 2.78. The maximum Gasteiger partial charge on any atom is 0.312 e. The second-order valence-corrected chi connectivity index (χ2v) is 7.13. The smallest absolute Gasteiger partial charge is 0.312 e. The van der Waals surface area contributed by atoms with Crippen molar-refractivity contribution in [3.8, 4) is 5.75 Å². The molecule has 1 aromatic rings. The van der Waals surface area contributed by atoms with Crippen LogP contribution in [0.3, 0.4) is 0 Å². The second kappa shape index (κ2) is 9.71. The van der Waals surface area contributed by atoms with E-state index in [1.807, 2.05) is 11.8 Å². The summed E-state index contributed by atoms with van der Waals surface area (Å²) in [4.78, 5) is 42.5. The second-order valence-electron chi connectivity index (χ2n) is 7.13. The van der Waals surface area contributed by atoms with Crippen molar-refractivity contribution in [2.24, 2.45) is 0 Å². The molecule has 9 nitrogen and oxygen atoms in total. The van der Waals surface area contributed by atoms with E-state index in [-0.39, 0.29) is 11.9 Å². The molecule has 1 atom stereocenters. The Morgan fingerprint density at radius 2 is 1.48 bits per heavy atom. The fraction of sp³-hybridized carbons (Fsp3) is 0.550. The Bertz CT molecular complexity index is 725. The van der Waals surface area contributed by atoms with Gasteiger partial charge < -0.3 is 24.6 Å². The number of benzene rings is 1. The first-order valence-corrected chi connectivity index (χ1v) is 9.84. The Labute approximate surface area is 170 Å². The molecule has 1 unspecified atom stereocenters. The molecule has 3 rings (SSSR count). The zero-order chi connectivity index (χ0) is 20.8. The van der Waals surface area contributed by atoms with Gasteiger partial charge in [0, 0.05) is 45.0 Å². The van der Waals surface area contributed by atoms with E-state index in [4.69, 9.17) is 9.47 Å². The van der Waals surface area contributed by atoms with E-state index in [2.05, 4.69) is 5.32 Å². The highest BCUT2D eigenvalue weighted by Gasteiger charge is 2.32. The van der Waals surface area contributed by atoms with Crippen LogP contribution in [-0.4, -0.2) is 98.1 Å². The van der Waals surface area contributed by atoms with Crippen LogP contribution in [0.5, 0.6) is 5.75 Å². The van der Waals surface area contributed by atoms with Gasteiger partial charge in [-0.3, -0.25) is 19.3 Å². The maximum atomic E-state index is 12.6. The molecule has 0 aliphatic carbocycles. The largest absolute Gasteiger partial charge is 0.497 e. The Balaban J connectivity index is 1.47. The van der Waals surface area contributed by atoms with Gasteiger partial charge in [0.15, 0.2) is 0 Å². The minimum atomic E-state index is -0.470. The number of nitrogens with one attached hydrogen (secondary N) is 1. The lowest BCUT2D eigenvalue weighted by molar-refractivity contribution is -0.155. The molecule has 0 radical (unpaired) electrons. The summed E-state index contributed by atoms with van der Waals surface area (Å²) in [7, 11) is 1.59. The van der Waals surface area contributed by atoms with Crippen molar-refractivity contribution in [1.82, 2.24) is 14.7 Å². The number of carbonyl (C=O) groups is 3. The molecule has 1 N–H and O–H groups in total. The van der Waals surface area contributed by atoms with Crippen molar-refractivity contribution in [3.63, 3.8) is 0 Å². The molecule has 3 amide bonds. The average molecular weight is 404 g/mol. The summed E-state index contributed by atoms with van der Waals surface area (Å²) in [6.07, 6.45) is 0. The highest BCUT2D eigenvalue weighted by molar-refractivity contribution is 6.34. The minimum Gasteiger partial charge on any atom is -0.497 e. The highest BCUT2D eigenvalue weighted by atomic mass is 16.5. The molecule has 2 aliphatic heterocycles. The molecule has 2 heterocycles. The summed E-state index contributed by atoms with van der Waals surface area (Å²) in [6, 6.07) is 6.81. The number of anilines is 1. The van der Waals surface area contributed by atoms with E-state index < -0.39 is 11.8 Å². The van der Waals surface area contributed by atoms with Crippen molar-refractivity contribution in [2.45, 2.75) is 13.0 Å². The van der Waals surface area contributed by atoms with Crippen LogP contribution in [0.1, 0.15) is 6.92 Å². The van der Waals surface area contributed by atoms with Crippen molar-refractivity contribution in [2.75, 3.05) is 64.9 Å². The lowest BCUT2D eigenvalue weighted by atomic mass is 10.2. The van der Waals surface area contributed by atoms with Crippen molar-refractivity contribution in [1.29, 1.82) is 0 Å². The molecule has 2 aliphatic rings. The van der Waals surface area contributed by atoms with Crippen LogP contribution in [-0.2, 0) is 19.1 Å². The summed E-state index contributed by atoms with van der Waals surface area (Å²) in [5.74, 6) is -0.322. The van der Waals surface area contributed by atoms with Crippen molar-refractivity contribution in [3.05, 3.63) is 24.3 Å². The van der Waals surface area contributed by atoms with Gasteiger partial charge in [0.25, 0.3) is 0 Å². The number of piperazine rings is 1. The molecule has 0 aromatic heterocycles. The number of morpholine rings is 1. The first kappa shape index (κ1) is 21.1. The molecule has 2 saturated heterocycles. The SMILES string of the molecule is COc1ccc(NC(=O)C(C)N2CCN(C(=O)C(=O)N3CCOCC3)CC2)cc1. The summed E-state index contributed by atoms with van der Waals surface area (Å²) >= 11 is 0. The third-order valence-electron chi connectivity index (χ3n) is 5.37. The molecular weight excluding hydrogens is 376 g/mol. The number of carbonyl (C=O) groups excluding carboxylic acids is 3. The Morgan fingerprint density at radius 1 is 0.931 bits per heavy atom. The van der Waals surface area contributed by atoms with E-state index in [0.717, 1.165) is 5.75 Å². The van der Waals surface area contributed by atoms with Gasteiger partial charge in [-0.2, -0.15) is 0 Å². The number of methoxy groups -OCH3 is 1. The van der Waals surface area contributed by atoms with E-state index >= 15 is 0 Å². The van der Waals surface area contributed by atoms with E-state index in [1.165, 1.54) is 0 Å². The van der Waals surface area contributed by atoms with Gasteiger partial charge in [-0.15, -0.1) is 0 Å². The Hall–Kier alpha value is -2.65. The summed E-state index contributed by atoms with van der Waals surface area (Å²) in [5, 5.41) is 2.90. The van der Waals surface area contributed by atoms with E-state index in [1.54, 1.807) is 41.2 Å². The summed E-state index contributed by atoms with van der Waals surface area (Å²) in [5.41, 5.74) is 0.701. The maximum absolute atomic E-state index is 12.6. The van der Waals surface area contributed by atoms with Crippen molar-refractivity contribution < 1.29 is 23.9 Å². The van der Waals surface area contributed by atoms with E-state index in [9.17, 15) is 14.4 Å². The zero-order valence-electron chi connectivity index (χ0n) is 16.9. The van der Waals surface area contributed by atoms with Crippen LogP contribution >= 0.6 is 0 Å². The molecule has 29 heavy (non-hydrogen) atoms. The number of amides is 3. The molecular formula is C20H28N4O5. The first-order valence-electron chi connectivity index (χ1n) is 9.84. The van der Waals surface area contributed by atoms with Gasteiger partial charge >= 0.3 is 11.8 Å². The van der Waals surface area contributed by atoms with Gasteiger partial charge in [0.05, 0.1) is 26.4 Å². The van der Waals surface area contributed by atoms with Crippen molar-refractivity contribution >= 4 is 23.4 Å². The molecule has 0 saturated carbocycles. The third-order valence-corrected chi connectivity index (χ3v) is 5.37. The van der Waals surface area contributed by atoms with Crippen LogP contribution in [0.2, 0.25) is 0 Å². The van der Waals surface area contributed by atoms with Crippen LogP contribution in [0, 0.1) is 0 Å². The molecule has 1 aromatic carbocycles. The topological polar surface area (TPSA) is 91.4 Å². The third kappa shape index (κ3) is 5.24. The lowest BCUT2D eigenvalue weighted by Gasteiger charge is -2.38. The van der Waals surface area contributed by atoms with Gasteiger partial charge in [0.1, 0.15) is 5.75 Å². The van der Waals surface area contributed by atoms with Gasteiger partial charge in [-0.05, 0) is 31.2 Å². The van der Waals surface area contributed by atoms with E-state index in [0.29, 0.717) is 58.2 Å². The monoisotopic (exact) mass is 404 g/mol. The quantitative estimate of drug-likeness (QED) is 0.712. The number of rotatable bonds is 4. The number of ether oxygens (including phenoxy) is 2.